The van der Waals surface area contributed by atoms with Gasteiger partial charge in [0.2, 0.25) is 0 Å². The summed E-state index contributed by atoms with van der Waals surface area (Å²) < 4.78 is 2.26. The van der Waals surface area contributed by atoms with E-state index in [1.165, 1.54) is 24.3 Å². The van der Waals surface area contributed by atoms with Crippen LogP contribution in [0, 0.1) is 6.92 Å². The molecule has 0 amide bonds. The number of hydrogen-bond acceptors (Lipinski definition) is 3. The number of likely N-dealkylation sites (N-methyl/N-ethyl adjacent to an activating group) is 1. The molecule has 0 unspecified atom stereocenters. The summed E-state index contributed by atoms with van der Waals surface area (Å²) in [4.78, 5) is 9.06. The van der Waals surface area contributed by atoms with Crippen LogP contribution in [-0.4, -0.2) is 38.2 Å². The zero-order valence-electron chi connectivity index (χ0n) is 14.8. The number of aryl methyl sites for hydroxylation is 1. The molecule has 128 valence electrons. The molecule has 3 aromatic rings. The third-order valence-corrected chi connectivity index (χ3v) is 5.83. The fraction of sp³-hybridized carbons (Fsp3) is 0.300. The maximum Gasteiger partial charge on any atom is 0.350 e. The topological polar surface area (TPSA) is 24.5 Å². The molecule has 4 rings (SSSR count). The van der Waals surface area contributed by atoms with Crippen LogP contribution >= 0.6 is 11.5 Å². The summed E-state index contributed by atoms with van der Waals surface area (Å²) in [6.07, 6.45) is 0. The molecule has 5 heteroatoms. The highest BCUT2D eigenvalue weighted by molar-refractivity contribution is 7.06. The lowest BCUT2D eigenvalue weighted by Gasteiger charge is -2.27. The Bertz CT molecular complexity index is 834. The Morgan fingerprint density at radius 2 is 1.68 bits per heavy atom. The number of para-hydroxylation sites is 1. The quantitative estimate of drug-likeness (QED) is 0.726. The molecule has 1 saturated heterocycles. The van der Waals surface area contributed by atoms with Crippen LogP contribution in [0.1, 0.15) is 5.56 Å². The van der Waals surface area contributed by atoms with Crippen molar-refractivity contribution in [2.75, 3.05) is 38.1 Å². The summed E-state index contributed by atoms with van der Waals surface area (Å²) in [5.74, 6) is 1.03. The molecule has 0 saturated carbocycles. The highest BCUT2D eigenvalue weighted by Crippen LogP contribution is 2.24. The number of nitrogens with zero attached hydrogens (tertiary/aromatic N) is 3. The first-order valence-electron chi connectivity index (χ1n) is 8.83. The minimum Gasteiger partial charge on any atom is -0.334 e. The van der Waals surface area contributed by atoms with Gasteiger partial charge in [0.15, 0.2) is 0 Å². The minimum absolute atomic E-state index is 1.03. The van der Waals surface area contributed by atoms with Crippen LogP contribution in [0.5, 0.6) is 0 Å². The lowest BCUT2D eigenvalue weighted by molar-refractivity contribution is -0.880. The van der Waals surface area contributed by atoms with E-state index in [9.17, 15) is 0 Å². The van der Waals surface area contributed by atoms with Crippen molar-refractivity contribution in [1.29, 1.82) is 0 Å². The second-order valence-corrected chi connectivity index (χ2v) is 7.66. The number of nitrogens with one attached hydrogen (secondary N) is 1. The minimum atomic E-state index is 1.03. The molecule has 1 fully saturated rings. The molecule has 1 N–H and O–H groups in total. The molecule has 25 heavy (non-hydrogen) atoms. The predicted molar refractivity (Wildman–Crippen MR) is 103 cm³/mol. The van der Waals surface area contributed by atoms with Crippen molar-refractivity contribution in [2.24, 2.45) is 0 Å². The Morgan fingerprint density at radius 1 is 1.00 bits per heavy atom. The maximum absolute atomic E-state index is 5.03. The van der Waals surface area contributed by atoms with E-state index < -0.39 is 0 Å². The summed E-state index contributed by atoms with van der Waals surface area (Å²) in [5.41, 5.74) is 3.60. The van der Waals surface area contributed by atoms with Gasteiger partial charge in [0.1, 0.15) is 17.2 Å². The smallest absolute Gasteiger partial charge is 0.334 e. The number of rotatable bonds is 3. The zero-order chi connectivity index (χ0) is 17.2. The summed E-state index contributed by atoms with van der Waals surface area (Å²) in [7, 11) is 2.26. The monoisotopic (exact) mass is 352 g/mol. The first-order chi connectivity index (χ1) is 12.2. The van der Waals surface area contributed by atoms with Crippen LogP contribution in [0.2, 0.25) is 0 Å². The Morgan fingerprint density at radius 3 is 2.36 bits per heavy atom. The van der Waals surface area contributed by atoms with E-state index in [1.54, 1.807) is 16.4 Å². The highest BCUT2D eigenvalue weighted by atomic mass is 32.1. The van der Waals surface area contributed by atoms with Crippen molar-refractivity contribution in [1.82, 2.24) is 4.98 Å². The van der Waals surface area contributed by atoms with Crippen molar-refractivity contribution >= 4 is 16.7 Å². The van der Waals surface area contributed by atoms with Gasteiger partial charge in [-0.05, 0) is 36.2 Å². The number of anilines is 1. The average Bonchev–Trinajstić information content (AvgIpc) is 3.09. The van der Waals surface area contributed by atoms with Crippen LogP contribution in [0.3, 0.4) is 0 Å². The van der Waals surface area contributed by atoms with Crippen molar-refractivity contribution in [2.45, 2.75) is 6.92 Å². The molecule has 4 nitrogen and oxygen atoms in total. The second-order valence-electron chi connectivity index (χ2n) is 6.75. The SMILES string of the molecule is Cc1ccc(-c2nc(N3CC[NH+](C)CC3)s[n+]2-c2ccccc2)cc1. The Labute approximate surface area is 153 Å². The molecule has 1 aliphatic rings. The van der Waals surface area contributed by atoms with E-state index >= 15 is 0 Å². The third-order valence-electron chi connectivity index (χ3n) is 4.75. The standard InChI is InChI=1S/C20H23N4S/c1-16-8-10-17(11-9-16)19-21-20(23-14-12-22(2)13-15-23)25-24(19)18-6-4-3-5-7-18/h3-11H,12-15H2,1-2H3/q+1/p+1. The second kappa shape index (κ2) is 6.94. The molecule has 0 spiro atoms. The highest BCUT2D eigenvalue weighted by Gasteiger charge is 2.30. The van der Waals surface area contributed by atoms with E-state index in [0.29, 0.717) is 0 Å². The lowest BCUT2D eigenvalue weighted by atomic mass is 10.1. The number of benzene rings is 2. The van der Waals surface area contributed by atoms with Crippen molar-refractivity contribution < 1.29 is 8.86 Å². The van der Waals surface area contributed by atoms with Gasteiger partial charge >= 0.3 is 11.0 Å². The van der Waals surface area contributed by atoms with Crippen LogP contribution in [0.4, 0.5) is 5.13 Å². The summed E-state index contributed by atoms with van der Waals surface area (Å²) >= 11 is 1.74. The van der Waals surface area contributed by atoms with Crippen LogP contribution in [0.25, 0.3) is 17.1 Å². The molecule has 0 atom stereocenters. The number of hydrogen-bond donors (Lipinski definition) is 1. The first kappa shape index (κ1) is 16.2. The molecular formula is C20H24N4S+2. The van der Waals surface area contributed by atoms with Gasteiger partial charge in [-0.25, -0.2) is 0 Å². The molecule has 0 aliphatic carbocycles. The zero-order valence-corrected chi connectivity index (χ0v) is 15.6. The van der Waals surface area contributed by atoms with E-state index in [1.807, 2.05) is 0 Å². The summed E-state index contributed by atoms with van der Waals surface area (Å²) in [5, 5.41) is 1.12. The van der Waals surface area contributed by atoms with Gasteiger partial charge in [-0.1, -0.05) is 35.9 Å². The Balaban J connectivity index is 1.77. The molecular weight excluding hydrogens is 328 g/mol. The van der Waals surface area contributed by atoms with Crippen LogP contribution in [-0.2, 0) is 0 Å². The molecule has 2 heterocycles. The number of piperazine rings is 1. The van der Waals surface area contributed by atoms with Gasteiger partial charge in [-0.15, -0.1) is 3.96 Å². The van der Waals surface area contributed by atoms with Gasteiger partial charge in [0.25, 0.3) is 0 Å². The van der Waals surface area contributed by atoms with Gasteiger partial charge in [-0.2, -0.15) is 0 Å². The Kier molecular flexibility index (Phi) is 4.51. The van der Waals surface area contributed by atoms with Gasteiger partial charge in [-0.3, -0.25) is 0 Å². The lowest BCUT2D eigenvalue weighted by Crippen LogP contribution is -3.12. The number of aromatic nitrogens is 2. The van der Waals surface area contributed by atoms with Crippen molar-refractivity contribution in [3.05, 3.63) is 60.2 Å². The first-order valence-corrected chi connectivity index (χ1v) is 9.60. The normalized spacial score (nSPS) is 15.5. The number of quaternary nitrogens is 1. The molecule has 2 aromatic carbocycles. The van der Waals surface area contributed by atoms with Crippen LogP contribution in [0.15, 0.2) is 54.6 Å². The van der Waals surface area contributed by atoms with Gasteiger partial charge in [0.05, 0.1) is 38.8 Å². The van der Waals surface area contributed by atoms with E-state index in [0.717, 1.165) is 29.6 Å². The predicted octanol–water partition coefficient (Wildman–Crippen LogP) is 1.73. The molecule has 1 aromatic heterocycles. The van der Waals surface area contributed by atoms with Crippen LogP contribution < -0.4 is 13.8 Å². The van der Waals surface area contributed by atoms with Gasteiger partial charge < -0.3 is 9.80 Å². The fourth-order valence-electron chi connectivity index (χ4n) is 3.11. The molecule has 0 bridgehead atoms. The third kappa shape index (κ3) is 3.43. The molecule has 1 aliphatic heterocycles. The maximum atomic E-state index is 5.03. The average molecular weight is 353 g/mol. The van der Waals surface area contributed by atoms with E-state index in [4.69, 9.17) is 4.98 Å². The largest absolute Gasteiger partial charge is 0.350 e. The molecule has 0 radical (unpaired) electrons. The van der Waals surface area contributed by atoms with E-state index in [-0.39, 0.29) is 0 Å². The summed E-state index contributed by atoms with van der Waals surface area (Å²) in [6.45, 7) is 6.60. The summed E-state index contributed by atoms with van der Waals surface area (Å²) in [6, 6.07) is 19.2. The van der Waals surface area contributed by atoms with E-state index in [2.05, 4.69) is 77.4 Å². The Hall–Kier alpha value is -2.24. The van der Waals surface area contributed by atoms with Crippen molar-refractivity contribution in [3.8, 4) is 17.1 Å². The van der Waals surface area contributed by atoms with Gasteiger partial charge in [0, 0.05) is 0 Å². The van der Waals surface area contributed by atoms with Crippen molar-refractivity contribution in [3.63, 3.8) is 0 Å². The fourth-order valence-corrected chi connectivity index (χ4v) is 4.16.